The number of halogens is 1. The summed E-state index contributed by atoms with van der Waals surface area (Å²) in [7, 11) is 0. The number of aryl methyl sites for hydroxylation is 1. The first kappa shape index (κ1) is 12.6. The van der Waals surface area contributed by atoms with E-state index in [4.69, 9.17) is 4.52 Å². The van der Waals surface area contributed by atoms with Gasteiger partial charge in [0.15, 0.2) is 5.82 Å². The number of amides is 1. The summed E-state index contributed by atoms with van der Waals surface area (Å²) in [6.45, 7) is 1.93. The SMILES string of the molecule is Cc1cc(NC(=O)CNc2ccccc2Br)no1. The molecule has 0 aliphatic heterocycles. The van der Waals surface area contributed by atoms with Crippen LogP contribution in [0.3, 0.4) is 0 Å². The smallest absolute Gasteiger partial charge is 0.244 e. The largest absolute Gasteiger partial charge is 0.375 e. The molecule has 0 spiro atoms. The highest BCUT2D eigenvalue weighted by atomic mass is 79.9. The van der Waals surface area contributed by atoms with Gasteiger partial charge >= 0.3 is 0 Å². The van der Waals surface area contributed by atoms with E-state index in [0.29, 0.717) is 11.6 Å². The van der Waals surface area contributed by atoms with Gasteiger partial charge in [0.25, 0.3) is 0 Å². The lowest BCUT2D eigenvalue weighted by molar-refractivity contribution is -0.114. The van der Waals surface area contributed by atoms with Crippen LogP contribution in [0.4, 0.5) is 11.5 Å². The average Bonchev–Trinajstić information content (AvgIpc) is 2.74. The molecule has 0 fully saturated rings. The first-order valence-corrected chi connectivity index (χ1v) is 6.16. The molecule has 5 nitrogen and oxygen atoms in total. The highest BCUT2D eigenvalue weighted by Gasteiger charge is 2.06. The summed E-state index contributed by atoms with van der Waals surface area (Å²) >= 11 is 3.40. The molecule has 2 rings (SSSR count). The molecule has 1 aromatic heterocycles. The molecule has 2 N–H and O–H groups in total. The van der Waals surface area contributed by atoms with Gasteiger partial charge in [-0.1, -0.05) is 17.3 Å². The number of hydrogen-bond donors (Lipinski definition) is 2. The first-order chi connectivity index (χ1) is 8.65. The van der Waals surface area contributed by atoms with Gasteiger partial charge in [0, 0.05) is 16.2 Å². The van der Waals surface area contributed by atoms with Crippen molar-refractivity contribution in [2.24, 2.45) is 0 Å². The van der Waals surface area contributed by atoms with E-state index in [0.717, 1.165) is 10.2 Å². The number of anilines is 2. The predicted molar refractivity (Wildman–Crippen MR) is 72.5 cm³/mol. The fourth-order valence-corrected chi connectivity index (χ4v) is 1.82. The van der Waals surface area contributed by atoms with E-state index in [1.165, 1.54) is 0 Å². The molecular weight excluding hydrogens is 298 g/mol. The van der Waals surface area contributed by atoms with Crippen LogP contribution in [-0.4, -0.2) is 17.6 Å². The summed E-state index contributed by atoms with van der Waals surface area (Å²) in [5.41, 5.74) is 0.865. The zero-order chi connectivity index (χ0) is 13.0. The Hall–Kier alpha value is -1.82. The Morgan fingerprint density at radius 2 is 2.22 bits per heavy atom. The lowest BCUT2D eigenvalue weighted by Crippen LogP contribution is -2.22. The molecule has 1 amide bonds. The Morgan fingerprint density at radius 3 is 2.89 bits per heavy atom. The van der Waals surface area contributed by atoms with Crippen LogP contribution in [0.1, 0.15) is 5.76 Å². The van der Waals surface area contributed by atoms with Crippen molar-refractivity contribution in [1.29, 1.82) is 0 Å². The van der Waals surface area contributed by atoms with E-state index in [-0.39, 0.29) is 12.5 Å². The number of hydrogen-bond acceptors (Lipinski definition) is 4. The van der Waals surface area contributed by atoms with Gasteiger partial charge in [-0.05, 0) is 35.0 Å². The molecule has 6 heteroatoms. The molecular formula is C12H12BrN3O2. The van der Waals surface area contributed by atoms with Crippen molar-refractivity contribution < 1.29 is 9.32 Å². The van der Waals surface area contributed by atoms with E-state index in [1.54, 1.807) is 13.0 Å². The number of benzene rings is 1. The molecule has 18 heavy (non-hydrogen) atoms. The predicted octanol–water partition coefficient (Wildman–Crippen LogP) is 2.80. The standard InChI is InChI=1S/C12H12BrN3O2/c1-8-6-11(16-18-8)15-12(17)7-14-10-5-3-2-4-9(10)13/h2-6,14H,7H2,1H3,(H,15,16,17). The number of carbonyl (C=O) groups is 1. The van der Waals surface area contributed by atoms with E-state index in [2.05, 4.69) is 31.7 Å². The quantitative estimate of drug-likeness (QED) is 0.911. The lowest BCUT2D eigenvalue weighted by Gasteiger charge is -2.07. The Morgan fingerprint density at radius 1 is 1.44 bits per heavy atom. The molecule has 0 aliphatic rings. The molecule has 0 saturated carbocycles. The highest BCUT2D eigenvalue weighted by molar-refractivity contribution is 9.10. The number of nitrogens with one attached hydrogen (secondary N) is 2. The van der Waals surface area contributed by atoms with Crippen molar-refractivity contribution in [3.63, 3.8) is 0 Å². The number of rotatable bonds is 4. The molecule has 1 aromatic carbocycles. The van der Waals surface area contributed by atoms with Gasteiger partial charge in [-0.3, -0.25) is 4.79 Å². The van der Waals surface area contributed by atoms with Crippen molar-refractivity contribution in [2.45, 2.75) is 6.92 Å². The van der Waals surface area contributed by atoms with Crippen LogP contribution < -0.4 is 10.6 Å². The fraction of sp³-hybridized carbons (Fsp3) is 0.167. The first-order valence-electron chi connectivity index (χ1n) is 5.37. The second-order valence-corrected chi connectivity index (χ2v) is 4.56. The normalized spacial score (nSPS) is 10.1. The van der Waals surface area contributed by atoms with E-state index in [1.807, 2.05) is 24.3 Å². The summed E-state index contributed by atoms with van der Waals surface area (Å²) in [4.78, 5) is 11.6. The van der Waals surface area contributed by atoms with E-state index >= 15 is 0 Å². The van der Waals surface area contributed by atoms with Crippen LogP contribution >= 0.6 is 15.9 Å². The van der Waals surface area contributed by atoms with Gasteiger partial charge < -0.3 is 15.2 Å². The number of nitrogens with zero attached hydrogens (tertiary/aromatic N) is 1. The maximum atomic E-state index is 11.6. The number of aromatic nitrogens is 1. The van der Waals surface area contributed by atoms with Gasteiger partial charge in [-0.15, -0.1) is 0 Å². The maximum Gasteiger partial charge on any atom is 0.244 e. The summed E-state index contributed by atoms with van der Waals surface area (Å²) in [6.07, 6.45) is 0. The third-order valence-corrected chi connectivity index (χ3v) is 2.90. The minimum atomic E-state index is -0.181. The van der Waals surface area contributed by atoms with Crippen molar-refractivity contribution in [3.05, 3.63) is 40.6 Å². The maximum absolute atomic E-state index is 11.6. The molecule has 0 atom stereocenters. The molecule has 0 bridgehead atoms. The third kappa shape index (κ3) is 3.33. The molecule has 1 heterocycles. The van der Waals surface area contributed by atoms with Crippen molar-refractivity contribution in [1.82, 2.24) is 5.16 Å². The van der Waals surface area contributed by atoms with Crippen molar-refractivity contribution in [2.75, 3.05) is 17.2 Å². The summed E-state index contributed by atoms with van der Waals surface area (Å²) in [5.74, 6) is 0.898. The zero-order valence-corrected chi connectivity index (χ0v) is 11.3. The third-order valence-electron chi connectivity index (χ3n) is 2.21. The van der Waals surface area contributed by atoms with E-state index < -0.39 is 0 Å². The molecule has 0 unspecified atom stereocenters. The van der Waals surface area contributed by atoms with Gasteiger partial charge in [-0.25, -0.2) is 0 Å². The fourth-order valence-electron chi connectivity index (χ4n) is 1.39. The summed E-state index contributed by atoms with van der Waals surface area (Å²) in [5, 5.41) is 9.34. The minimum absolute atomic E-state index is 0.161. The molecule has 94 valence electrons. The van der Waals surface area contributed by atoms with Gasteiger partial charge in [-0.2, -0.15) is 0 Å². The summed E-state index contributed by atoms with van der Waals surface area (Å²) < 4.78 is 5.77. The summed E-state index contributed by atoms with van der Waals surface area (Å²) in [6, 6.07) is 9.26. The number of para-hydroxylation sites is 1. The van der Waals surface area contributed by atoms with Crippen molar-refractivity contribution in [3.8, 4) is 0 Å². The van der Waals surface area contributed by atoms with Crippen LogP contribution in [0.5, 0.6) is 0 Å². The van der Waals surface area contributed by atoms with Gasteiger partial charge in [0.2, 0.25) is 5.91 Å². The molecule has 0 aliphatic carbocycles. The van der Waals surface area contributed by atoms with E-state index in [9.17, 15) is 4.79 Å². The lowest BCUT2D eigenvalue weighted by atomic mass is 10.3. The molecule has 0 saturated heterocycles. The van der Waals surface area contributed by atoms with Gasteiger partial charge in [0.05, 0.1) is 6.54 Å². The van der Waals surface area contributed by atoms with Crippen LogP contribution in [0.15, 0.2) is 39.3 Å². The second-order valence-electron chi connectivity index (χ2n) is 3.70. The van der Waals surface area contributed by atoms with Crippen LogP contribution in [0.2, 0.25) is 0 Å². The zero-order valence-electron chi connectivity index (χ0n) is 9.74. The van der Waals surface area contributed by atoms with Crippen LogP contribution in [-0.2, 0) is 4.79 Å². The Balaban J connectivity index is 1.87. The van der Waals surface area contributed by atoms with Crippen LogP contribution in [0.25, 0.3) is 0 Å². The Labute approximate surface area is 113 Å². The topological polar surface area (TPSA) is 67.2 Å². The molecule has 0 radical (unpaired) electrons. The van der Waals surface area contributed by atoms with Crippen molar-refractivity contribution >= 4 is 33.3 Å². The average molecular weight is 310 g/mol. The highest BCUT2D eigenvalue weighted by Crippen LogP contribution is 2.20. The molecule has 2 aromatic rings. The Bertz CT molecular complexity index is 554. The minimum Gasteiger partial charge on any atom is -0.375 e. The number of carbonyl (C=O) groups excluding carboxylic acids is 1. The van der Waals surface area contributed by atoms with Gasteiger partial charge in [0.1, 0.15) is 5.76 Å². The van der Waals surface area contributed by atoms with Crippen LogP contribution in [0, 0.1) is 6.92 Å². The second kappa shape index (κ2) is 5.68. The monoisotopic (exact) mass is 309 g/mol. The Kier molecular flexibility index (Phi) is 3.99.